The fourth-order valence-corrected chi connectivity index (χ4v) is 2.87. The molecule has 0 spiro atoms. The molecule has 6 heteroatoms. The molecule has 0 saturated carbocycles. The Morgan fingerprint density at radius 2 is 1.41 bits per heavy atom. The van der Waals surface area contributed by atoms with E-state index in [9.17, 15) is 14.0 Å². The number of nitrogens with one attached hydrogen (secondary N) is 2. The third-order valence-corrected chi connectivity index (χ3v) is 4.67. The number of pyridine rings is 1. The molecule has 1 heterocycles. The van der Waals surface area contributed by atoms with Crippen molar-refractivity contribution in [2.24, 2.45) is 0 Å². The lowest BCUT2D eigenvalue weighted by atomic mass is 10.2. The van der Waals surface area contributed by atoms with Gasteiger partial charge in [0.2, 0.25) is 11.9 Å². The van der Waals surface area contributed by atoms with Crippen molar-refractivity contribution in [1.29, 1.82) is 0 Å². The van der Waals surface area contributed by atoms with Gasteiger partial charge < -0.3 is 10.6 Å². The Balaban J connectivity index is 1.98. The predicted molar refractivity (Wildman–Crippen MR) is 138 cm³/mol. The molecule has 5 nitrogen and oxygen atoms in total. The van der Waals surface area contributed by atoms with Crippen LogP contribution in [0.25, 0.3) is 0 Å². The summed E-state index contributed by atoms with van der Waals surface area (Å²) in [6, 6.07) is 2.86. The van der Waals surface area contributed by atoms with E-state index >= 15 is 0 Å². The quantitative estimate of drug-likeness (QED) is 0.168. The number of amides is 2. The lowest BCUT2D eigenvalue weighted by Gasteiger charge is -2.07. The average Bonchev–Trinajstić information content (AvgIpc) is 2.84. The van der Waals surface area contributed by atoms with Crippen molar-refractivity contribution in [1.82, 2.24) is 15.6 Å². The van der Waals surface area contributed by atoms with Gasteiger partial charge in [-0.25, -0.2) is 4.98 Å². The average molecular weight is 468 g/mol. The largest absolute Gasteiger partial charge is 0.354 e. The molecule has 0 aromatic carbocycles. The molecule has 1 aromatic rings. The van der Waals surface area contributed by atoms with Crippen LogP contribution in [0, 0.1) is 5.95 Å². The lowest BCUT2D eigenvalue weighted by Crippen LogP contribution is -2.35. The van der Waals surface area contributed by atoms with Gasteiger partial charge in [0.1, 0.15) is 0 Å². The first kappa shape index (κ1) is 28.8. The topological polar surface area (TPSA) is 71.1 Å². The summed E-state index contributed by atoms with van der Waals surface area (Å²) in [6.45, 7) is 2.67. The Hall–Kier alpha value is -3.28. The smallest absolute Gasteiger partial charge is 0.255 e. The Kier molecular flexibility index (Phi) is 17.2. The van der Waals surface area contributed by atoms with Crippen LogP contribution in [0.2, 0.25) is 0 Å². The number of halogens is 1. The van der Waals surface area contributed by atoms with Gasteiger partial charge in [0, 0.05) is 25.7 Å². The van der Waals surface area contributed by atoms with Crippen molar-refractivity contribution in [2.45, 2.75) is 58.3 Å². The standard InChI is InChI=1S/C28H38FN3O2/c1-2-3-4-5-6-7-8-9-10-11-12-13-14-15-16-17-18-21-26(33)30-23-24-32-28(34)25-20-19-22-31-27(25)29/h3-4,6-7,9-10,12-13,15-16,19-20,22H,2,5,8,11,14,17-18,21,23-24H2,1H3,(H,30,33)(H,32,34). The third kappa shape index (κ3) is 15.5. The number of rotatable bonds is 17. The van der Waals surface area contributed by atoms with Gasteiger partial charge >= 0.3 is 0 Å². The Morgan fingerprint density at radius 1 is 0.853 bits per heavy atom. The Labute approximate surface area is 203 Å². The molecule has 0 atom stereocenters. The first-order chi connectivity index (χ1) is 16.6. The van der Waals surface area contributed by atoms with Crippen LogP contribution in [0.15, 0.2) is 79.1 Å². The van der Waals surface area contributed by atoms with Crippen LogP contribution in [-0.2, 0) is 4.79 Å². The summed E-state index contributed by atoms with van der Waals surface area (Å²) in [5.41, 5.74) is -0.106. The minimum atomic E-state index is -0.806. The predicted octanol–water partition coefficient (Wildman–Crippen LogP) is 5.99. The summed E-state index contributed by atoms with van der Waals surface area (Å²) < 4.78 is 13.4. The van der Waals surface area contributed by atoms with Crippen LogP contribution in [0.5, 0.6) is 0 Å². The molecule has 0 unspecified atom stereocenters. The van der Waals surface area contributed by atoms with E-state index in [4.69, 9.17) is 0 Å². The monoisotopic (exact) mass is 467 g/mol. The highest BCUT2D eigenvalue weighted by atomic mass is 19.1. The van der Waals surface area contributed by atoms with Crippen molar-refractivity contribution < 1.29 is 14.0 Å². The number of unbranched alkanes of at least 4 members (excludes halogenated alkanes) is 1. The second kappa shape index (κ2) is 20.3. The zero-order chi connectivity index (χ0) is 24.7. The minimum absolute atomic E-state index is 0.0610. The fraction of sp³-hybridized carbons (Fsp3) is 0.393. The van der Waals surface area contributed by atoms with Gasteiger partial charge in [-0.2, -0.15) is 4.39 Å². The van der Waals surface area contributed by atoms with E-state index in [0.29, 0.717) is 13.0 Å². The van der Waals surface area contributed by atoms with Crippen molar-refractivity contribution in [2.75, 3.05) is 13.1 Å². The Morgan fingerprint density at radius 3 is 2.00 bits per heavy atom. The maximum absolute atomic E-state index is 13.4. The zero-order valence-electron chi connectivity index (χ0n) is 20.2. The second-order valence-electron chi connectivity index (χ2n) is 7.55. The molecule has 0 bridgehead atoms. The van der Waals surface area contributed by atoms with E-state index in [2.05, 4.69) is 83.3 Å². The van der Waals surface area contributed by atoms with Gasteiger partial charge in [-0.3, -0.25) is 9.59 Å². The molecule has 0 radical (unpaired) electrons. The normalized spacial score (nSPS) is 12.1. The van der Waals surface area contributed by atoms with Gasteiger partial charge in [0.05, 0.1) is 5.56 Å². The van der Waals surface area contributed by atoms with Crippen LogP contribution in [-0.4, -0.2) is 29.9 Å². The van der Waals surface area contributed by atoms with Crippen LogP contribution in [0.4, 0.5) is 4.39 Å². The summed E-state index contributed by atoms with van der Waals surface area (Å²) in [4.78, 5) is 27.1. The number of hydrogen-bond donors (Lipinski definition) is 2. The van der Waals surface area contributed by atoms with E-state index in [1.807, 2.05) is 0 Å². The van der Waals surface area contributed by atoms with Crippen molar-refractivity contribution in [3.63, 3.8) is 0 Å². The third-order valence-electron chi connectivity index (χ3n) is 4.67. The molecule has 184 valence electrons. The summed E-state index contributed by atoms with van der Waals surface area (Å²) in [7, 11) is 0. The number of allylic oxidation sites excluding steroid dienone is 10. The summed E-state index contributed by atoms with van der Waals surface area (Å²) >= 11 is 0. The van der Waals surface area contributed by atoms with E-state index in [1.165, 1.54) is 18.3 Å². The number of nitrogens with zero attached hydrogens (tertiary/aromatic N) is 1. The van der Waals surface area contributed by atoms with Crippen LogP contribution < -0.4 is 10.6 Å². The van der Waals surface area contributed by atoms with E-state index < -0.39 is 11.9 Å². The minimum Gasteiger partial charge on any atom is -0.354 e. The Bertz CT molecular complexity index is 857. The number of hydrogen-bond acceptors (Lipinski definition) is 3. The van der Waals surface area contributed by atoms with Gasteiger partial charge in [-0.1, -0.05) is 67.7 Å². The summed E-state index contributed by atoms with van der Waals surface area (Å²) in [5.74, 6) is -1.41. The number of carbonyl (C=O) groups is 2. The number of carbonyl (C=O) groups excluding carboxylic acids is 2. The van der Waals surface area contributed by atoms with Gasteiger partial charge in [-0.15, -0.1) is 0 Å². The van der Waals surface area contributed by atoms with Crippen molar-refractivity contribution >= 4 is 11.8 Å². The molecule has 0 aliphatic heterocycles. The fourth-order valence-electron chi connectivity index (χ4n) is 2.87. The summed E-state index contributed by atoms with van der Waals surface area (Å²) in [5, 5.41) is 5.31. The van der Waals surface area contributed by atoms with Gasteiger partial charge in [0.15, 0.2) is 0 Å². The molecule has 2 amide bonds. The zero-order valence-corrected chi connectivity index (χ0v) is 20.2. The molecule has 1 aromatic heterocycles. The molecule has 0 aliphatic carbocycles. The van der Waals surface area contributed by atoms with Gasteiger partial charge in [0.25, 0.3) is 5.91 Å². The molecule has 1 rings (SSSR count). The SMILES string of the molecule is CCC=CCC=CCC=CCC=CCC=CCCCC(=O)NCCNC(=O)c1cccnc1F. The van der Waals surface area contributed by atoms with Gasteiger partial charge in [-0.05, 0) is 57.1 Å². The molecule has 2 N–H and O–H groups in total. The molecular weight excluding hydrogens is 429 g/mol. The van der Waals surface area contributed by atoms with Crippen LogP contribution in [0.1, 0.15) is 68.6 Å². The molecule has 0 saturated heterocycles. The highest BCUT2D eigenvalue weighted by Gasteiger charge is 2.11. The first-order valence-electron chi connectivity index (χ1n) is 12.1. The summed E-state index contributed by atoms with van der Waals surface area (Å²) in [6.07, 6.45) is 29.8. The van der Waals surface area contributed by atoms with Crippen LogP contribution in [0.3, 0.4) is 0 Å². The van der Waals surface area contributed by atoms with E-state index in [0.717, 1.165) is 44.9 Å². The highest BCUT2D eigenvalue weighted by molar-refractivity contribution is 5.94. The maximum atomic E-state index is 13.4. The van der Waals surface area contributed by atoms with E-state index in [-0.39, 0.29) is 18.0 Å². The molecular formula is C28H38FN3O2. The molecule has 34 heavy (non-hydrogen) atoms. The first-order valence-corrected chi connectivity index (χ1v) is 12.1. The van der Waals surface area contributed by atoms with Crippen molar-refractivity contribution in [3.05, 3.63) is 90.6 Å². The molecule has 0 fully saturated rings. The molecule has 0 aliphatic rings. The van der Waals surface area contributed by atoms with Crippen LogP contribution >= 0.6 is 0 Å². The maximum Gasteiger partial charge on any atom is 0.255 e. The van der Waals surface area contributed by atoms with Crippen molar-refractivity contribution in [3.8, 4) is 0 Å². The number of aromatic nitrogens is 1. The van der Waals surface area contributed by atoms with E-state index in [1.54, 1.807) is 0 Å². The highest BCUT2D eigenvalue weighted by Crippen LogP contribution is 2.02. The lowest BCUT2D eigenvalue weighted by molar-refractivity contribution is -0.121. The second-order valence-corrected chi connectivity index (χ2v) is 7.55.